The molecule has 1 aromatic rings. The second-order valence-corrected chi connectivity index (χ2v) is 4.59. The van der Waals surface area contributed by atoms with Crippen molar-refractivity contribution >= 4 is 27.7 Å². The average Bonchev–Trinajstić information content (AvgIpc) is 2.23. The smallest absolute Gasteiger partial charge is 0.228 e. The quantitative estimate of drug-likeness (QED) is 0.785. The van der Waals surface area contributed by atoms with Crippen LogP contribution in [-0.4, -0.2) is 17.4 Å². The van der Waals surface area contributed by atoms with Gasteiger partial charge in [-0.3, -0.25) is 9.69 Å². The van der Waals surface area contributed by atoms with E-state index in [0.717, 1.165) is 35.4 Å². The topological polar surface area (TPSA) is 33.2 Å². The summed E-state index contributed by atoms with van der Waals surface area (Å²) < 4.78 is 0.982. The Labute approximate surface area is 97.6 Å². The highest BCUT2D eigenvalue weighted by molar-refractivity contribution is 9.10. The maximum absolute atomic E-state index is 11.7. The van der Waals surface area contributed by atoms with E-state index in [1.54, 1.807) is 4.90 Å². The number of hydrogen-bond acceptors (Lipinski definition) is 2. The van der Waals surface area contributed by atoms with Crippen molar-refractivity contribution in [2.45, 2.75) is 26.2 Å². The Morgan fingerprint density at radius 3 is 2.87 bits per heavy atom. The van der Waals surface area contributed by atoms with Gasteiger partial charge in [-0.15, -0.1) is 0 Å². The highest BCUT2D eigenvalue weighted by atomic mass is 79.9. The Bertz CT molecular complexity index is 392. The first-order valence-electron chi connectivity index (χ1n) is 5.12. The molecule has 2 heterocycles. The van der Waals surface area contributed by atoms with Gasteiger partial charge in [0, 0.05) is 17.4 Å². The lowest BCUT2D eigenvalue weighted by molar-refractivity contribution is -0.119. The maximum Gasteiger partial charge on any atom is 0.228 e. The number of carbonyl (C=O) groups excluding carboxylic acids is 1. The molecule has 1 aliphatic rings. The summed E-state index contributed by atoms with van der Waals surface area (Å²) in [5, 5.41) is 0. The van der Waals surface area contributed by atoms with Crippen LogP contribution in [0.4, 0.5) is 5.82 Å². The first kappa shape index (κ1) is 10.6. The van der Waals surface area contributed by atoms with Crippen molar-refractivity contribution in [3.05, 3.63) is 22.3 Å². The highest BCUT2D eigenvalue weighted by Gasteiger charge is 2.20. The van der Waals surface area contributed by atoms with Crippen LogP contribution < -0.4 is 4.90 Å². The molecule has 0 atom stereocenters. The van der Waals surface area contributed by atoms with Gasteiger partial charge in [-0.2, -0.15) is 0 Å². The lowest BCUT2D eigenvalue weighted by Gasteiger charge is -2.26. The molecule has 80 valence electrons. The van der Waals surface area contributed by atoms with Crippen LogP contribution >= 0.6 is 15.9 Å². The summed E-state index contributed by atoms with van der Waals surface area (Å²) in [6, 6.07) is 3.83. The SMILES string of the molecule is Cc1nc(N2CCCCC2=O)ccc1Br. The minimum Gasteiger partial charge on any atom is -0.297 e. The molecule has 0 saturated carbocycles. The summed E-state index contributed by atoms with van der Waals surface area (Å²) in [6.07, 6.45) is 2.73. The Morgan fingerprint density at radius 2 is 2.20 bits per heavy atom. The van der Waals surface area contributed by atoms with E-state index in [0.29, 0.717) is 6.42 Å². The van der Waals surface area contributed by atoms with Gasteiger partial charge < -0.3 is 0 Å². The second-order valence-electron chi connectivity index (χ2n) is 3.74. The van der Waals surface area contributed by atoms with E-state index < -0.39 is 0 Å². The molecule has 1 aliphatic heterocycles. The molecule has 0 unspecified atom stereocenters. The zero-order valence-electron chi connectivity index (χ0n) is 8.66. The van der Waals surface area contributed by atoms with Crippen molar-refractivity contribution in [3.63, 3.8) is 0 Å². The standard InChI is InChI=1S/C11H13BrN2O/c1-8-9(12)5-6-10(13-8)14-7-3-2-4-11(14)15/h5-6H,2-4,7H2,1H3. The van der Waals surface area contributed by atoms with Gasteiger partial charge in [-0.05, 0) is 47.8 Å². The molecule has 0 spiro atoms. The number of aromatic nitrogens is 1. The van der Waals surface area contributed by atoms with Crippen LogP contribution in [0.25, 0.3) is 0 Å². The van der Waals surface area contributed by atoms with E-state index in [4.69, 9.17) is 0 Å². The molecular weight excluding hydrogens is 256 g/mol. The predicted octanol–water partition coefficient (Wildman–Crippen LogP) is 2.67. The molecule has 1 aromatic heterocycles. The van der Waals surface area contributed by atoms with Gasteiger partial charge in [0.15, 0.2) is 0 Å². The van der Waals surface area contributed by atoms with Crippen LogP contribution in [0, 0.1) is 6.92 Å². The highest BCUT2D eigenvalue weighted by Crippen LogP contribution is 2.22. The summed E-state index contributed by atoms with van der Waals surface area (Å²) in [5.41, 5.74) is 0.922. The van der Waals surface area contributed by atoms with Crippen LogP contribution in [0.3, 0.4) is 0 Å². The van der Waals surface area contributed by atoms with Crippen LogP contribution in [0.5, 0.6) is 0 Å². The Kier molecular flexibility index (Phi) is 3.05. The van der Waals surface area contributed by atoms with Gasteiger partial charge in [0.1, 0.15) is 5.82 Å². The third-order valence-electron chi connectivity index (χ3n) is 2.61. The molecule has 0 radical (unpaired) electrons. The van der Waals surface area contributed by atoms with E-state index in [2.05, 4.69) is 20.9 Å². The van der Waals surface area contributed by atoms with E-state index in [1.807, 2.05) is 19.1 Å². The van der Waals surface area contributed by atoms with Gasteiger partial charge in [0.05, 0.1) is 5.69 Å². The van der Waals surface area contributed by atoms with Crippen molar-refractivity contribution in [2.24, 2.45) is 0 Å². The molecule has 0 aliphatic carbocycles. The zero-order chi connectivity index (χ0) is 10.8. The zero-order valence-corrected chi connectivity index (χ0v) is 10.2. The maximum atomic E-state index is 11.7. The van der Waals surface area contributed by atoms with Crippen molar-refractivity contribution in [1.29, 1.82) is 0 Å². The van der Waals surface area contributed by atoms with Crippen molar-refractivity contribution < 1.29 is 4.79 Å². The molecule has 4 heteroatoms. The van der Waals surface area contributed by atoms with Gasteiger partial charge in [0.25, 0.3) is 0 Å². The van der Waals surface area contributed by atoms with Gasteiger partial charge in [0.2, 0.25) is 5.91 Å². The van der Waals surface area contributed by atoms with Gasteiger partial charge in [-0.1, -0.05) is 0 Å². The number of nitrogens with zero attached hydrogens (tertiary/aromatic N) is 2. The molecule has 2 rings (SSSR count). The third-order valence-corrected chi connectivity index (χ3v) is 3.44. The third kappa shape index (κ3) is 2.20. The van der Waals surface area contributed by atoms with E-state index in [1.165, 1.54) is 0 Å². The van der Waals surface area contributed by atoms with Crippen molar-refractivity contribution in [1.82, 2.24) is 4.98 Å². The van der Waals surface area contributed by atoms with E-state index >= 15 is 0 Å². The molecule has 0 N–H and O–H groups in total. The molecule has 1 saturated heterocycles. The average molecular weight is 269 g/mol. The molecule has 15 heavy (non-hydrogen) atoms. The number of aryl methyl sites for hydroxylation is 1. The number of anilines is 1. The summed E-state index contributed by atoms with van der Waals surface area (Å²) >= 11 is 3.40. The van der Waals surface area contributed by atoms with E-state index in [9.17, 15) is 4.79 Å². The number of pyridine rings is 1. The molecule has 0 bridgehead atoms. The molecule has 3 nitrogen and oxygen atoms in total. The Balaban J connectivity index is 2.28. The number of piperidine rings is 1. The number of amides is 1. The largest absolute Gasteiger partial charge is 0.297 e. The summed E-state index contributed by atoms with van der Waals surface area (Å²) in [6.45, 7) is 2.73. The first-order chi connectivity index (χ1) is 7.18. The summed E-state index contributed by atoms with van der Waals surface area (Å²) in [5.74, 6) is 0.968. The molecule has 1 fully saturated rings. The first-order valence-corrected chi connectivity index (χ1v) is 5.91. The minimum atomic E-state index is 0.190. The molecule has 1 amide bonds. The summed E-state index contributed by atoms with van der Waals surface area (Å²) in [4.78, 5) is 17.9. The minimum absolute atomic E-state index is 0.190. The number of hydrogen-bond donors (Lipinski definition) is 0. The van der Waals surface area contributed by atoms with Crippen LogP contribution in [0.2, 0.25) is 0 Å². The Morgan fingerprint density at radius 1 is 1.40 bits per heavy atom. The van der Waals surface area contributed by atoms with Crippen LogP contribution in [0.1, 0.15) is 25.0 Å². The molecular formula is C11H13BrN2O. The normalized spacial score (nSPS) is 16.9. The van der Waals surface area contributed by atoms with Crippen molar-refractivity contribution in [2.75, 3.05) is 11.4 Å². The fourth-order valence-electron chi connectivity index (χ4n) is 1.73. The Hall–Kier alpha value is -0.900. The lowest BCUT2D eigenvalue weighted by Crippen LogP contribution is -2.35. The second kappa shape index (κ2) is 4.31. The van der Waals surface area contributed by atoms with Crippen molar-refractivity contribution in [3.8, 4) is 0 Å². The molecule has 0 aromatic carbocycles. The predicted molar refractivity (Wildman–Crippen MR) is 62.9 cm³/mol. The van der Waals surface area contributed by atoms with E-state index in [-0.39, 0.29) is 5.91 Å². The number of carbonyl (C=O) groups is 1. The van der Waals surface area contributed by atoms with Gasteiger partial charge >= 0.3 is 0 Å². The fraction of sp³-hybridized carbons (Fsp3) is 0.455. The van der Waals surface area contributed by atoms with Crippen LogP contribution in [-0.2, 0) is 4.79 Å². The van der Waals surface area contributed by atoms with Crippen LogP contribution in [0.15, 0.2) is 16.6 Å². The summed E-state index contributed by atoms with van der Waals surface area (Å²) in [7, 11) is 0. The number of rotatable bonds is 1. The fourth-order valence-corrected chi connectivity index (χ4v) is 1.95. The lowest BCUT2D eigenvalue weighted by atomic mass is 10.1. The van der Waals surface area contributed by atoms with Gasteiger partial charge in [-0.25, -0.2) is 4.98 Å². The monoisotopic (exact) mass is 268 g/mol. The number of halogens is 1.